The largest absolute Gasteiger partial charge is 0.481 e. The number of allylic oxidation sites excluding steroid dienone is 1. The molecule has 0 aliphatic heterocycles. The number of carboxylic acid groups (broad SMARTS) is 2. The van der Waals surface area contributed by atoms with Gasteiger partial charge in [-0.25, -0.2) is 0 Å². The standard InChI is InChI=1S/C10H17N3O4.C2H6/c1-12-6-8(5-11)13(2)7(3-9(14)15)4-10(16)17;1-2/h5-7H,3-4,11H2,1-2H3,(H,14,15)(H,16,17);1-2H3/b8-5+,12-6?;. The first-order valence-electron chi connectivity index (χ1n) is 5.92. The second-order valence-electron chi connectivity index (χ2n) is 3.44. The first-order valence-corrected chi connectivity index (χ1v) is 5.92. The van der Waals surface area contributed by atoms with Crippen molar-refractivity contribution >= 4 is 18.2 Å². The van der Waals surface area contributed by atoms with Crippen molar-refractivity contribution in [2.45, 2.75) is 32.7 Å². The van der Waals surface area contributed by atoms with Gasteiger partial charge in [-0.05, 0) is 0 Å². The van der Waals surface area contributed by atoms with Gasteiger partial charge in [0.1, 0.15) is 0 Å². The molecule has 110 valence electrons. The molecule has 7 heteroatoms. The lowest BCUT2D eigenvalue weighted by molar-refractivity contribution is -0.140. The molecule has 0 spiro atoms. The molecule has 19 heavy (non-hydrogen) atoms. The topological polar surface area (TPSA) is 116 Å². The molecule has 0 atom stereocenters. The zero-order valence-corrected chi connectivity index (χ0v) is 11.8. The highest BCUT2D eigenvalue weighted by Gasteiger charge is 2.22. The van der Waals surface area contributed by atoms with E-state index in [9.17, 15) is 9.59 Å². The minimum absolute atomic E-state index is 0.280. The summed E-state index contributed by atoms with van der Waals surface area (Å²) in [7, 11) is 3.12. The third kappa shape index (κ3) is 8.64. The first kappa shape index (κ1) is 19.3. The van der Waals surface area contributed by atoms with Crippen LogP contribution in [0.5, 0.6) is 0 Å². The molecular weight excluding hydrogens is 250 g/mol. The van der Waals surface area contributed by atoms with Crippen LogP contribution in [0.25, 0.3) is 0 Å². The van der Waals surface area contributed by atoms with Crippen LogP contribution in [0.2, 0.25) is 0 Å². The molecule has 0 heterocycles. The van der Waals surface area contributed by atoms with E-state index in [1.807, 2.05) is 13.8 Å². The molecule has 0 aromatic heterocycles. The molecule has 0 saturated heterocycles. The van der Waals surface area contributed by atoms with E-state index in [0.29, 0.717) is 5.70 Å². The molecule has 0 rings (SSSR count). The van der Waals surface area contributed by atoms with Crippen molar-refractivity contribution in [3.63, 3.8) is 0 Å². The smallest absolute Gasteiger partial charge is 0.305 e. The van der Waals surface area contributed by atoms with E-state index in [2.05, 4.69) is 4.99 Å². The lowest BCUT2D eigenvalue weighted by atomic mass is 10.1. The van der Waals surface area contributed by atoms with Gasteiger partial charge in [0.05, 0.1) is 18.5 Å². The monoisotopic (exact) mass is 273 g/mol. The molecular formula is C12H23N3O4. The highest BCUT2D eigenvalue weighted by atomic mass is 16.4. The summed E-state index contributed by atoms with van der Waals surface area (Å²) in [4.78, 5) is 26.6. The van der Waals surface area contributed by atoms with Crippen molar-refractivity contribution in [3.05, 3.63) is 11.9 Å². The Kier molecular flexibility index (Phi) is 11.2. The Morgan fingerprint density at radius 3 is 1.95 bits per heavy atom. The maximum Gasteiger partial charge on any atom is 0.305 e. The summed E-state index contributed by atoms with van der Waals surface area (Å²) < 4.78 is 0. The number of nitrogens with zero attached hydrogens (tertiary/aromatic N) is 2. The highest BCUT2D eigenvalue weighted by Crippen LogP contribution is 2.12. The normalized spacial score (nSPS) is 11.1. The van der Waals surface area contributed by atoms with E-state index in [-0.39, 0.29) is 12.8 Å². The first-order chi connectivity index (χ1) is 8.92. The van der Waals surface area contributed by atoms with Gasteiger partial charge in [0.25, 0.3) is 0 Å². The molecule has 7 nitrogen and oxygen atoms in total. The quantitative estimate of drug-likeness (QED) is 0.590. The van der Waals surface area contributed by atoms with Crippen LogP contribution in [-0.2, 0) is 9.59 Å². The summed E-state index contributed by atoms with van der Waals surface area (Å²) in [5, 5.41) is 17.5. The van der Waals surface area contributed by atoms with Gasteiger partial charge in [-0.3, -0.25) is 14.6 Å². The number of aliphatic carboxylic acids is 2. The molecule has 0 aromatic rings. The zero-order valence-electron chi connectivity index (χ0n) is 11.8. The maximum atomic E-state index is 10.7. The average molecular weight is 273 g/mol. The van der Waals surface area contributed by atoms with Crippen LogP contribution in [0.1, 0.15) is 26.7 Å². The molecule has 4 N–H and O–H groups in total. The number of hydrogen-bond donors (Lipinski definition) is 3. The fraction of sp³-hybridized carbons (Fsp3) is 0.583. The van der Waals surface area contributed by atoms with E-state index >= 15 is 0 Å². The van der Waals surface area contributed by atoms with Gasteiger partial charge in [-0.15, -0.1) is 0 Å². The van der Waals surface area contributed by atoms with Crippen molar-refractivity contribution in [1.29, 1.82) is 0 Å². The van der Waals surface area contributed by atoms with Gasteiger partial charge in [-0.1, -0.05) is 13.8 Å². The fourth-order valence-corrected chi connectivity index (χ4v) is 1.34. The molecule has 0 fully saturated rings. The zero-order chi connectivity index (χ0) is 15.4. The number of nitrogens with two attached hydrogens (primary N) is 1. The summed E-state index contributed by atoms with van der Waals surface area (Å²) in [6, 6.07) is -0.669. The van der Waals surface area contributed by atoms with Crippen LogP contribution in [0.3, 0.4) is 0 Å². The second kappa shape index (κ2) is 11.1. The number of rotatable bonds is 7. The van der Waals surface area contributed by atoms with Crippen molar-refractivity contribution in [1.82, 2.24) is 4.90 Å². The van der Waals surface area contributed by atoms with E-state index in [4.69, 9.17) is 15.9 Å². The van der Waals surface area contributed by atoms with Gasteiger partial charge in [0.15, 0.2) is 0 Å². The summed E-state index contributed by atoms with van der Waals surface area (Å²) in [6.07, 6.45) is 2.13. The SMILES string of the molecule is CC.CN=C/C(=C\N)N(C)C(CC(=O)O)CC(=O)O. The van der Waals surface area contributed by atoms with Crippen LogP contribution in [0.4, 0.5) is 0 Å². The molecule has 0 bridgehead atoms. The molecule has 0 unspecified atom stereocenters. The van der Waals surface area contributed by atoms with Crippen molar-refractivity contribution < 1.29 is 19.8 Å². The Hall–Kier alpha value is -2.05. The lowest BCUT2D eigenvalue weighted by Gasteiger charge is -2.28. The maximum absolute atomic E-state index is 10.7. The van der Waals surface area contributed by atoms with Gasteiger partial charge < -0.3 is 20.8 Å². The van der Waals surface area contributed by atoms with Gasteiger partial charge >= 0.3 is 11.9 Å². The van der Waals surface area contributed by atoms with E-state index in [1.54, 1.807) is 14.1 Å². The molecule has 0 saturated carbocycles. The van der Waals surface area contributed by atoms with Crippen molar-refractivity contribution in [2.24, 2.45) is 10.7 Å². The summed E-state index contributed by atoms with van der Waals surface area (Å²) in [6.45, 7) is 4.00. The molecule has 0 aliphatic carbocycles. The minimum atomic E-state index is -1.06. The molecule has 0 amide bonds. The predicted molar refractivity (Wildman–Crippen MR) is 74.1 cm³/mol. The number of hydrogen-bond acceptors (Lipinski definition) is 5. The van der Waals surface area contributed by atoms with Gasteiger partial charge in [0.2, 0.25) is 0 Å². The van der Waals surface area contributed by atoms with E-state index < -0.39 is 18.0 Å². The Labute approximate surface area is 113 Å². The lowest BCUT2D eigenvalue weighted by Crippen LogP contribution is -2.36. The minimum Gasteiger partial charge on any atom is -0.481 e. The van der Waals surface area contributed by atoms with Gasteiger partial charge in [-0.2, -0.15) is 0 Å². The third-order valence-electron chi connectivity index (χ3n) is 2.21. The Morgan fingerprint density at radius 1 is 1.26 bits per heavy atom. The van der Waals surface area contributed by atoms with Crippen LogP contribution < -0.4 is 5.73 Å². The molecule has 0 aromatic carbocycles. The van der Waals surface area contributed by atoms with Crippen LogP contribution in [-0.4, -0.2) is 53.4 Å². The Bertz CT molecular complexity index is 324. The molecule has 0 radical (unpaired) electrons. The van der Waals surface area contributed by atoms with E-state index in [1.165, 1.54) is 17.3 Å². The Balaban J connectivity index is 0. The van der Waals surface area contributed by atoms with Gasteiger partial charge in [0, 0.05) is 32.6 Å². The predicted octanol–water partition coefficient (Wildman–Crippen LogP) is 0.763. The van der Waals surface area contributed by atoms with Crippen LogP contribution in [0, 0.1) is 0 Å². The average Bonchev–Trinajstić information content (AvgIpc) is 2.35. The summed E-state index contributed by atoms with van der Waals surface area (Å²) >= 11 is 0. The van der Waals surface area contributed by atoms with Crippen LogP contribution in [0.15, 0.2) is 16.9 Å². The van der Waals surface area contributed by atoms with Crippen LogP contribution >= 0.6 is 0 Å². The Morgan fingerprint density at radius 2 is 1.68 bits per heavy atom. The van der Waals surface area contributed by atoms with E-state index in [0.717, 1.165) is 0 Å². The summed E-state index contributed by atoms with van der Waals surface area (Å²) in [5.41, 5.74) is 5.84. The number of carboxylic acids is 2. The number of carbonyl (C=O) groups is 2. The van der Waals surface area contributed by atoms with Crippen molar-refractivity contribution in [3.8, 4) is 0 Å². The second-order valence-corrected chi connectivity index (χ2v) is 3.44. The fourth-order valence-electron chi connectivity index (χ4n) is 1.34. The molecule has 0 aliphatic rings. The summed E-state index contributed by atoms with van der Waals surface area (Å²) in [5.74, 6) is -2.12. The highest BCUT2D eigenvalue weighted by molar-refractivity contribution is 5.78. The van der Waals surface area contributed by atoms with Crippen molar-refractivity contribution in [2.75, 3.05) is 14.1 Å². The third-order valence-corrected chi connectivity index (χ3v) is 2.21. The number of aliphatic imine (C=N–C) groups is 1.